The molecule has 0 bridgehead atoms. The van der Waals surface area contributed by atoms with Gasteiger partial charge in [-0.15, -0.1) is 0 Å². The summed E-state index contributed by atoms with van der Waals surface area (Å²) in [6.45, 7) is 4.24. The Morgan fingerprint density at radius 1 is 1.33 bits per heavy atom. The zero-order chi connectivity index (χ0) is 15.5. The van der Waals surface area contributed by atoms with Gasteiger partial charge < -0.3 is 9.64 Å². The van der Waals surface area contributed by atoms with E-state index in [4.69, 9.17) is 0 Å². The third-order valence-electron chi connectivity index (χ3n) is 4.21. The molecule has 1 aliphatic rings. The average molecular weight is 289 g/mol. The molecule has 1 amide bonds. The number of nitrogens with zero attached hydrogens (tertiary/aromatic N) is 1. The molecule has 0 aliphatic carbocycles. The summed E-state index contributed by atoms with van der Waals surface area (Å²) in [7, 11) is 1.40. The van der Waals surface area contributed by atoms with Gasteiger partial charge in [-0.3, -0.25) is 9.59 Å². The smallest absolute Gasteiger partial charge is 0.305 e. The van der Waals surface area contributed by atoms with E-state index in [1.165, 1.54) is 7.11 Å². The molecule has 0 spiro atoms. The maximum absolute atomic E-state index is 12.4. The van der Waals surface area contributed by atoms with E-state index in [0.717, 1.165) is 18.5 Å². The minimum absolute atomic E-state index is 0.0803. The summed E-state index contributed by atoms with van der Waals surface area (Å²) < 4.78 is 4.68. The Bertz CT molecular complexity index is 510. The molecule has 1 atom stereocenters. The maximum Gasteiger partial charge on any atom is 0.305 e. The van der Waals surface area contributed by atoms with Gasteiger partial charge in [0.15, 0.2) is 0 Å². The van der Waals surface area contributed by atoms with Crippen molar-refractivity contribution in [1.82, 2.24) is 0 Å². The van der Waals surface area contributed by atoms with E-state index in [1.54, 1.807) is 0 Å². The van der Waals surface area contributed by atoms with E-state index in [9.17, 15) is 9.59 Å². The topological polar surface area (TPSA) is 46.6 Å². The summed E-state index contributed by atoms with van der Waals surface area (Å²) in [6, 6.07) is 9.89. The van der Waals surface area contributed by atoms with E-state index in [1.807, 2.05) is 35.2 Å². The monoisotopic (exact) mass is 289 g/mol. The highest BCUT2D eigenvalue weighted by molar-refractivity contribution is 5.97. The molecule has 1 aromatic rings. The Morgan fingerprint density at radius 2 is 2.00 bits per heavy atom. The maximum atomic E-state index is 12.4. The van der Waals surface area contributed by atoms with Crippen LogP contribution in [0.2, 0.25) is 0 Å². The summed E-state index contributed by atoms with van der Waals surface area (Å²) in [6.07, 6.45) is 2.49. The first-order chi connectivity index (χ1) is 9.95. The molecule has 1 fully saturated rings. The van der Waals surface area contributed by atoms with Crippen LogP contribution in [0.15, 0.2) is 30.3 Å². The Balaban J connectivity index is 2.13. The molecule has 0 aromatic heterocycles. The van der Waals surface area contributed by atoms with Crippen LogP contribution in [0.5, 0.6) is 0 Å². The zero-order valence-corrected chi connectivity index (χ0v) is 13.0. The number of benzene rings is 1. The fourth-order valence-corrected chi connectivity index (χ4v) is 3.09. The van der Waals surface area contributed by atoms with Gasteiger partial charge in [-0.2, -0.15) is 0 Å². The quantitative estimate of drug-likeness (QED) is 0.782. The average Bonchev–Trinajstić information content (AvgIpc) is 2.68. The standard InChI is InChI=1S/C17H23NO3/c1-17(2)12-15(19)18(13-8-5-4-6-9-13)14(17)10-7-11-16(20)21-3/h4-6,8-9,14H,7,10-12H2,1-3H3. The molecular formula is C17H23NO3. The predicted octanol–water partition coefficient (Wildman–Crippen LogP) is 3.16. The van der Waals surface area contributed by atoms with Crippen molar-refractivity contribution < 1.29 is 14.3 Å². The molecule has 1 heterocycles. The highest BCUT2D eigenvalue weighted by Gasteiger charge is 2.45. The van der Waals surface area contributed by atoms with Crippen molar-refractivity contribution in [2.75, 3.05) is 12.0 Å². The molecule has 1 aliphatic heterocycles. The van der Waals surface area contributed by atoms with Crippen molar-refractivity contribution >= 4 is 17.6 Å². The van der Waals surface area contributed by atoms with Crippen LogP contribution in [0.3, 0.4) is 0 Å². The SMILES string of the molecule is COC(=O)CCCC1N(c2ccccc2)C(=O)CC1(C)C. The lowest BCUT2D eigenvalue weighted by molar-refractivity contribution is -0.140. The summed E-state index contributed by atoms with van der Waals surface area (Å²) >= 11 is 0. The molecule has 2 rings (SSSR count). The molecule has 1 aromatic carbocycles. The number of ether oxygens (including phenoxy) is 1. The zero-order valence-electron chi connectivity index (χ0n) is 13.0. The van der Waals surface area contributed by atoms with Gasteiger partial charge >= 0.3 is 5.97 Å². The van der Waals surface area contributed by atoms with Crippen LogP contribution in [-0.4, -0.2) is 25.0 Å². The van der Waals surface area contributed by atoms with E-state index in [-0.39, 0.29) is 23.3 Å². The molecule has 4 heteroatoms. The van der Waals surface area contributed by atoms with Crippen molar-refractivity contribution in [2.24, 2.45) is 5.41 Å². The van der Waals surface area contributed by atoms with Gasteiger partial charge in [0.25, 0.3) is 0 Å². The second-order valence-corrected chi connectivity index (χ2v) is 6.25. The first kappa shape index (κ1) is 15.5. The molecule has 0 saturated carbocycles. The molecule has 21 heavy (non-hydrogen) atoms. The number of amides is 1. The number of carbonyl (C=O) groups excluding carboxylic acids is 2. The largest absolute Gasteiger partial charge is 0.469 e. The normalized spacial score (nSPS) is 20.6. The molecule has 0 N–H and O–H groups in total. The predicted molar refractivity (Wildman–Crippen MR) is 82.0 cm³/mol. The van der Waals surface area contributed by atoms with E-state index >= 15 is 0 Å². The van der Waals surface area contributed by atoms with Crippen LogP contribution >= 0.6 is 0 Å². The second-order valence-electron chi connectivity index (χ2n) is 6.25. The fourth-order valence-electron chi connectivity index (χ4n) is 3.09. The number of para-hydroxylation sites is 1. The van der Waals surface area contributed by atoms with Crippen LogP contribution in [0.4, 0.5) is 5.69 Å². The van der Waals surface area contributed by atoms with Crippen molar-refractivity contribution in [3.63, 3.8) is 0 Å². The van der Waals surface area contributed by atoms with Crippen molar-refractivity contribution in [3.05, 3.63) is 30.3 Å². The Labute approximate surface area is 126 Å². The van der Waals surface area contributed by atoms with Crippen molar-refractivity contribution in [3.8, 4) is 0 Å². The fraction of sp³-hybridized carbons (Fsp3) is 0.529. The van der Waals surface area contributed by atoms with E-state index < -0.39 is 0 Å². The number of carbonyl (C=O) groups is 2. The van der Waals surface area contributed by atoms with Gasteiger partial charge in [-0.1, -0.05) is 32.0 Å². The molecule has 4 nitrogen and oxygen atoms in total. The summed E-state index contributed by atoms with van der Waals surface area (Å²) in [5, 5.41) is 0. The molecule has 1 saturated heterocycles. The Kier molecular flexibility index (Phi) is 4.66. The van der Waals surface area contributed by atoms with Crippen LogP contribution in [0.1, 0.15) is 39.5 Å². The molecule has 114 valence electrons. The van der Waals surface area contributed by atoms with Crippen molar-refractivity contribution in [2.45, 2.75) is 45.6 Å². The third-order valence-corrected chi connectivity index (χ3v) is 4.21. The number of anilines is 1. The Hall–Kier alpha value is -1.84. The van der Waals surface area contributed by atoms with E-state index in [2.05, 4.69) is 18.6 Å². The Morgan fingerprint density at radius 3 is 2.62 bits per heavy atom. The minimum atomic E-state index is -0.191. The summed E-state index contributed by atoms with van der Waals surface area (Å²) in [4.78, 5) is 25.5. The lowest BCUT2D eigenvalue weighted by Gasteiger charge is -2.32. The lowest BCUT2D eigenvalue weighted by Crippen LogP contribution is -2.38. The van der Waals surface area contributed by atoms with Crippen LogP contribution in [0.25, 0.3) is 0 Å². The minimum Gasteiger partial charge on any atom is -0.469 e. The summed E-state index contributed by atoms with van der Waals surface area (Å²) in [5.41, 5.74) is 0.861. The number of esters is 1. The number of rotatable bonds is 5. The molecule has 0 radical (unpaired) electrons. The lowest BCUT2D eigenvalue weighted by atomic mass is 9.82. The summed E-state index contributed by atoms with van der Waals surface area (Å²) in [5.74, 6) is -0.0299. The van der Waals surface area contributed by atoms with Crippen LogP contribution in [0, 0.1) is 5.41 Å². The highest BCUT2D eigenvalue weighted by atomic mass is 16.5. The first-order valence-electron chi connectivity index (χ1n) is 7.39. The van der Waals surface area contributed by atoms with Gasteiger partial charge in [0.2, 0.25) is 5.91 Å². The number of hydrogen-bond donors (Lipinski definition) is 0. The van der Waals surface area contributed by atoms with Gasteiger partial charge in [-0.25, -0.2) is 0 Å². The van der Waals surface area contributed by atoms with E-state index in [0.29, 0.717) is 12.8 Å². The highest BCUT2D eigenvalue weighted by Crippen LogP contribution is 2.41. The number of methoxy groups -OCH3 is 1. The van der Waals surface area contributed by atoms with Gasteiger partial charge in [0.05, 0.1) is 7.11 Å². The first-order valence-corrected chi connectivity index (χ1v) is 7.39. The van der Waals surface area contributed by atoms with Crippen LogP contribution < -0.4 is 4.90 Å². The number of hydrogen-bond acceptors (Lipinski definition) is 3. The van der Waals surface area contributed by atoms with Gasteiger partial charge in [-0.05, 0) is 30.4 Å². The second kappa shape index (κ2) is 6.29. The van der Waals surface area contributed by atoms with Gasteiger partial charge in [0.1, 0.15) is 0 Å². The molecule has 1 unspecified atom stereocenters. The van der Waals surface area contributed by atoms with Crippen LogP contribution in [-0.2, 0) is 14.3 Å². The van der Waals surface area contributed by atoms with Gasteiger partial charge in [0, 0.05) is 24.6 Å². The van der Waals surface area contributed by atoms with Crippen molar-refractivity contribution in [1.29, 1.82) is 0 Å². The molecular weight excluding hydrogens is 266 g/mol. The third kappa shape index (κ3) is 3.43.